The molecule has 2 saturated heterocycles. The average Bonchev–Trinajstić information content (AvgIpc) is 3.13. The number of aryl methyl sites for hydroxylation is 1. The third-order valence-corrected chi connectivity index (χ3v) is 6.26. The summed E-state index contributed by atoms with van der Waals surface area (Å²) < 4.78 is 55.2. The molecule has 2 fully saturated rings. The summed E-state index contributed by atoms with van der Waals surface area (Å²) in [5.41, 5.74) is 2.26. The molecule has 11 heteroatoms. The number of ether oxygens (including phenoxy) is 3. The van der Waals surface area contributed by atoms with Crippen LogP contribution < -0.4 is 4.74 Å². The zero-order valence-electron chi connectivity index (χ0n) is 19.1. The molecule has 2 aromatic carbocycles. The number of carbonyl (C=O) groups excluding carboxylic acids is 1. The summed E-state index contributed by atoms with van der Waals surface area (Å²) in [6.07, 6.45) is -4.78. The lowest BCUT2D eigenvalue weighted by molar-refractivity contribution is -0.287. The number of morpholine rings is 2. The smallest absolute Gasteiger partial charge is 0.406 e. The summed E-state index contributed by atoms with van der Waals surface area (Å²) in [5, 5.41) is 0. The van der Waals surface area contributed by atoms with Crippen molar-refractivity contribution in [2.75, 3.05) is 39.4 Å². The van der Waals surface area contributed by atoms with Crippen LogP contribution in [0, 0.1) is 0 Å². The number of halogens is 3. The highest BCUT2D eigenvalue weighted by molar-refractivity contribution is 5.94. The second kappa shape index (κ2) is 9.14. The van der Waals surface area contributed by atoms with Gasteiger partial charge in [0.05, 0.1) is 43.9 Å². The highest BCUT2D eigenvalue weighted by atomic mass is 19.4. The van der Waals surface area contributed by atoms with E-state index >= 15 is 0 Å². The Labute approximate surface area is 199 Å². The van der Waals surface area contributed by atoms with E-state index in [2.05, 4.69) is 14.2 Å². The first-order chi connectivity index (χ1) is 16.7. The molecule has 3 heterocycles. The minimum atomic E-state index is -4.78. The van der Waals surface area contributed by atoms with Crippen LogP contribution in [0.5, 0.6) is 5.75 Å². The van der Waals surface area contributed by atoms with Gasteiger partial charge in [0.2, 0.25) is 0 Å². The van der Waals surface area contributed by atoms with E-state index in [1.165, 1.54) is 12.1 Å². The topological polar surface area (TPSA) is 69.1 Å². The van der Waals surface area contributed by atoms with Crippen molar-refractivity contribution >= 4 is 16.9 Å². The van der Waals surface area contributed by atoms with Crippen molar-refractivity contribution in [1.82, 2.24) is 19.4 Å². The van der Waals surface area contributed by atoms with Crippen LogP contribution in [-0.4, -0.2) is 76.8 Å². The van der Waals surface area contributed by atoms with Gasteiger partial charge in [-0.2, -0.15) is 0 Å². The zero-order chi connectivity index (χ0) is 24.6. The first-order valence-corrected chi connectivity index (χ1v) is 11.3. The maximum absolute atomic E-state index is 13.1. The van der Waals surface area contributed by atoms with Gasteiger partial charge in [-0.15, -0.1) is 13.2 Å². The summed E-state index contributed by atoms with van der Waals surface area (Å²) in [4.78, 5) is 21.6. The van der Waals surface area contributed by atoms with Gasteiger partial charge in [0.15, 0.2) is 5.79 Å². The van der Waals surface area contributed by atoms with Gasteiger partial charge in [-0.25, -0.2) is 4.98 Å². The SMILES string of the molecule is Cn1c(CN2CCOC3(C2)CN(C(=O)c2ccc(OC(F)(F)F)cc2)CCO3)nc2ccccc21. The van der Waals surface area contributed by atoms with Crippen LogP contribution in [0.4, 0.5) is 13.2 Å². The van der Waals surface area contributed by atoms with Crippen molar-refractivity contribution in [1.29, 1.82) is 0 Å². The Morgan fingerprint density at radius 1 is 1.06 bits per heavy atom. The van der Waals surface area contributed by atoms with E-state index in [9.17, 15) is 18.0 Å². The Morgan fingerprint density at radius 2 is 1.77 bits per heavy atom. The number of imidazole rings is 1. The number of amides is 1. The molecule has 1 atom stereocenters. The fourth-order valence-electron chi connectivity index (χ4n) is 4.59. The molecule has 1 aromatic heterocycles. The maximum Gasteiger partial charge on any atom is 0.573 e. The van der Waals surface area contributed by atoms with Crippen LogP contribution in [0.3, 0.4) is 0 Å². The van der Waals surface area contributed by atoms with Gasteiger partial charge in [-0.05, 0) is 36.4 Å². The van der Waals surface area contributed by atoms with Crippen molar-refractivity contribution in [2.45, 2.75) is 18.7 Å². The van der Waals surface area contributed by atoms with Gasteiger partial charge >= 0.3 is 6.36 Å². The van der Waals surface area contributed by atoms with Gasteiger partial charge in [-0.1, -0.05) is 12.1 Å². The first-order valence-electron chi connectivity index (χ1n) is 11.3. The van der Waals surface area contributed by atoms with Crippen LogP contribution >= 0.6 is 0 Å². The number of benzene rings is 2. The van der Waals surface area contributed by atoms with Gasteiger partial charge in [0.1, 0.15) is 11.6 Å². The van der Waals surface area contributed by atoms with Crippen molar-refractivity contribution < 1.29 is 32.2 Å². The van der Waals surface area contributed by atoms with E-state index in [4.69, 9.17) is 14.5 Å². The predicted molar refractivity (Wildman–Crippen MR) is 120 cm³/mol. The minimum Gasteiger partial charge on any atom is -0.406 e. The van der Waals surface area contributed by atoms with Gasteiger partial charge in [0.25, 0.3) is 5.91 Å². The number of rotatable bonds is 4. The molecule has 0 bridgehead atoms. The van der Waals surface area contributed by atoms with Gasteiger partial charge in [-0.3, -0.25) is 9.69 Å². The first kappa shape index (κ1) is 23.6. The number of nitrogens with zero attached hydrogens (tertiary/aromatic N) is 4. The van der Waals surface area contributed by atoms with Gasteiger partial charge < -0.3 is 23.7 Å². The number of hydrogen-bond acceptors (Lipinski definition) is 6. The number of aromatic nitrogens is 2. The second-order valence-corrected chi connectivity index (χ2v) is 8.69. The van der Waals surface area contributed by atoms with Crippen LogP contribution in [0.1, 0.15) is 16.2 Å². The summed E-state index contributed by atoms with van der Waals surface area (Å²) in [6, 6.07) is 12.9. The Morgan fingerprint density at radius 3 is 2.49 bits per heavy atom. The number of carbonyl (C=O) groups is 1. The fraction of sp³-hybridized carbons (Fsp3) is 0.417. The normalized spacial score (nSPS) is 21.5. The molecule has 3 aromatic rings. The van der Waals surface area contributed by atoms with E-state index in [0.717, 1.165) is 29.0 Å². The van der Waals surface area contributed by atoms with Crippen molar-refractivity contribution in [2.24, 2.45) is 7.05 Å². The Hall–Kier alpha value is -3.15. The summed E-state index contributed by atoms with van der Waals surface area (Å²) in [7, 11) is 1.99. The molecule has 0 aliphatic carbocycles. The molecular formula is C24H25F3N4O4. The van der Waals surface area contributed by atoms with Crippen LogP contribution in [-0.2, 0) is 23.1 Å². The average molecular weight is 490 g/mol. The van der Waals surface area contributed by atoms with E-state index in [1.807, 2.05) is 31.3 Å². The summed E-state index contributed by atoms with van der Waals surface area (Å²) >= 11 is 0. The van der Waals surface area contributed by atoms with E-state index < -0.39 is 12.1 Å². The largest absolute Gasteiger partial charge is 0.573 e. The van der Waals surface area contributed by atoms with Crippen LogP contribution in [0.25, 0.3) is 11.0 Å². The quantitative estimate of drug-likeness (QED) is 0.560. The van der Waals surface area contributed by atoms with Gasteiger partial charge in [0, 0.05) is 25.7 Å². The molecule has 2 aliphatic rings. The van der Waals surface area contributed by atoms with Crippen molar-refractivity contribution in [3.8, 4) is 5.75 Å². The van der Waals surface area contributed by atoms with E-state index in [1.54, 1.807) is 4.90 Å². The minimum absolute atomic E-state index is 0.214. The Balaban J connectivity index is 1.26. The fourth-order valence-corrected chi connectivity index (χ4v) is 4.59. The highest BCUT2D eigenvalue weighted by Crippen LogP contribution is 2.28. The highest BCUT2D eigenvalue weighted by Gasteiger charge is 2.43. The number of hydrogen-bond donors (Lipinski definition) is 0. The lowest BCUT2D eigenvalue weighted by atomic mass is 10.1. The monoisotopic (exact) mass is 490 g/mol. The molecule has 0 N–H and O–H groups in total. The Kier molecular flexibility index (Phi) is 6.16. The Bertz CT molecular complexity index is 1210. The number of alkyl halides is 3. The van der Waals surface area contributed by atoms with E-state index in [0.29, 0.717) is 39.4 Å². The molecule has 186 valence electrons. The summed E-state index contributed by atoms with van der Waals surface area (Å²) in [6.45, 7) is 3.06. The molecule has 1 unspecified atom stereocenters. The maximum atomic E-state index is 13.1. The lowest BCUT2D eigenvalue weighted by Gasteiger charge is -2.47. The molecule has 0 radical (unpaired) electrons. The second-order valence-electron chi connectivity index (χ2n) is 8.69. The number of para-hydroxylation sites is 2. The molecule has 35 heavy (non-hydrogen) atoms. The standard InChI is InChI=1S/C24H25F3N4O4/c1-29-20-5-3-2-4-19(20)28-21(29)14-30-10-12-33-23(15-30)16-31(11-13-34-23)22(32)17-6-8-18(9-7-17)35-24(25,26)27/h2-9H,10-16H2,1H3. The molecule has 2 aliphatic heterocycles. The molecule has 0 saturated carbocycles. The van der Waals surface area contributed by atoms with Crippen LogP contribution in [0.2, 0.25) is 0 Å². The molecule has 5 rings (SSSR count). The summed E-state index contributed by atoms with van der Waals surface area (Å²) in [5.74, 6) is -0.730. The molecule has 1 spiro atoms. The molecular weight excluding hydrogens is 465 g/mol. The molecule has 1 amide bonds. The van der Waals surface area contributed by atoms with Crippen molar-refractivity contribution in [3.63, 3.8) is 0 Å². The predicted octanol–water partition coefficient (Wildman–Crippen LogP) is 3.17. The number of fused-ring (bicyclic) bond motifs is 1. The van der Waals surface area contributed by atoms with Crippen LogP contribution in [0.15, 0.2) is 48.5 Å². The third kappa shape index (κ3) is 5.12. The molecule has 8 nitrogen and oxygen atoms in total. The lowest BCUT2D eigenvalue weighted by Crippen LogP contribution is -2.62. The van der Waals surface area contributed by atoms with Crippen molar-refractivity contribution in [3.05, 3.63) is 59.9 Å². The third-order valence-electron chi connectivity index (χ3n) is 6.26. The van der Waals surface area contributed by atoms with E-state index in [-0.39, 0.29) is 23.8 Å². The zero-order valence-corrected chi connectivity index (χ0v) is 19.1.